The van der Waals surface area contributed by atoms with E-state index in [1.807, 2.05) is 54.6 Å². The maximum atomic E-state index is 13.7. The Morgan fingerprint density at radius 3 is 2.00 bits per heavy atom. The number of ether oxygens (including phenoxy) is 2. The number of rotatable bonds is 9. The van der Waals surface area contributed by atoms with E-state index in [9.17, 15) is 9.59 Å². The van der Waals surface area contributed by atoms with Gasteiger partial charge in [0, 0.05) is 17.5 Å². The van der Waals surface area contributed by atoms with Crippen LogP contribution in [-0.4, -0.2) is 33.3 Å². The highest BCUT2D eigenvalue weighted by molar-refractivity contribution is 5.81. The number of methoxy groups -OCH3 is 2. The highest BCUT2D eigenvalue weighted by Crippen LogP contribution is 2.20. The number of nitrogens with two attached hydrogens (primary N) is 1. The number of para-hydroxylation sites is 1. The molecule has 0 bridgehead atoms. The van der Waals surface area contributed by atoms with Crippen molar-refractivity contribution in [1.29, 1.82) is 0 Å². The second-order valence-corrected chi connectivity index (χ2v) is 8.95. The van der Waals surface area contributed by atoms with E-state index < -0.39 is 11.4 Å². The molecule has 10 nitrogen and oxygen atoms in total. The van der Waals surface area contributed by atoms with Gasteiger partial charge in [-0.3, -0.25) is 4.57 Å². The normalized spacial score (nSPS) is 10.9. The molecular formula is C29H28N6O4. The second-order valence-electron chi connectivity index (χ2n) is 8.95. The number of nitrogens with zero attached hydrogens (tertiary/aromatic N) is 4. The van der Waals surface area contributed by atoms with Gasteiger partial charge in [0.1, 0.15) is 17.3 Å². The number of fused-ring (bicyclic) bond motifs is 1. The van der Waals surface area contributed by atoms with Crippen molar-refractivity contribution in [3.8, 4) is 11.5 Å². The van der Waals surface area contributed by atoms with Crippen LogP contribution in [0.5, 0.6) is 11.5 Å². The molecule has 0 aliphatic heterocycles. The Morgan fingerprint density at radius 2 is 1.38 bits per heavy atom. The Balaban J connectivity index is 1.51. The third kappa shape index (κ3) is 5.59. The van der Waals surface area contributed by atoms with Gasteiger partial charge in [-0.25, -0.2) is 19.1 Å². The number of anilines is 2. The highest BCUT2D eigenvalue weighted by atomic mass is 16.5. The Hall–Kier alpha value is -5.12. The molecule has 198 valence electrons. The zero-order valence-corrected chi connectivity index (χ0v) is 21.6. The molecule has 0 aliphatic rings. The molecule has 3 N–H and O–H groups in total. The van der Waals surface area contributed by atoms with Crippen LogP contribution in [0.4, 0.5) is 11.8 Å². The van der Waals surface area contributed by atoms with Crippen molar-refractivity contribution in [1.82, 2.24) is 19.1 Å². The van der Waals surface area contributed by atoms with Crippen LogP contribution in [0.25, 0.3) is 10.9 Å². The van der Waals surface area contributed by atoms with Gasteiger partial charge in [-0.15, -0.1) is 0 Å². The quantitative estimate of drug-likeness (QED) is 0.301. The van der Waals surface area contributed by atoms with Gasteiger partial charge < -0.3 is 20.5 Å². The molecule has 39 heavy (non-hydrogen) atoms. The van der Waals surface area contributed by atoms with E-state index in [1.54, 1.807) is 38.5 Å². The zero-order chi connectivity index (χ0) is 27.4. The first-order valence-electron chi connectivity index (χ1n) is 12.3. The van der Waals surface area contributed by atoms with E-state index in [1.165, 1.54) is 4.57 Å². The van der Waals surface area contributed by atoms with Gasteiger partial charge in [0.15, 0.2) is 0 Å². The summed E-state index contributed by atoms with van der Waals surface area (Å²) in [5.41, 5.74) is 8.17. The van der Waals surface area contributed by atoms with Crippen molar-refractivity contribution in [3.63, 3.8) is 0 Å². The summed E-state index contributed by atoms with van der Waals surface area (Å²) < 4.78 is 13.0. The van der Waals surface area contributed by atoms with Crippen molar-refractivity contribution in [2.75, 3.05) is 25.3 Å². The Bertz CT molecular complexity index is 1730. The van der Waals surface area contributed by atoms with Crippen LogP contribution in [0, 0.1) is 0 Å². The molecule has 0 amide bonds. The van der Waals surface area contributed by atoms with Crippen LogP contribution < -0.4 is 31.9 Å². The van der Waals surface area contributed by atoms with Crippen LogP contribution in [0.1, 0.15) is 16.7 Å². The predicted octanol–water partition coefficient (Wildman–Crippen LogP) is 3.26. The van der Waals surface area contributed by atoms with E-state index in [4.69, 9.17) is 15.2 Å². The minimum absolute atomic E-state index is 0.0685. The molecule has 10 heteroatoms. The molecule has 0 fully saturated rings. The summed E-state index contributed by atoms with van der Waals surface area (Å²) in [4.78, 5) is 35.4. The largest absolute Gasteiger partial charge is 0.497 e. The third-order valence-corrected chi connectivity index (χ3v) is 6.42. The number of hydrogen-bond acceptors (Lipinski definition) is 8. The van der Waals surface area contributed by atoms with Gasteiger partial charge in [0.2, 0.25) is 5.95 Å². The molecule has 5 rings (SSSR count). The molecule has 0 saturated carbocycles. The standard InChI is InChI=1S/C29H28N6O4/c1-38-23-11-7-19(8-12-23)17-34-27(31-16-22-15-21-5-3-4-6-25(21)32-26(22)30)33-28(36)35(29(34)37)18-20-9-13-24(39-2)14-10-20/h3-15H,16-18H2,1-2H3,(H2,30,32)(H,31,33,36). The van der Waals surface area contributed by atoms with Crippen molar-refractivity contribution in [2.45, 2.75) is 19.6 Å². The lowest BCUT2D eigenvalue weighted by Gasteiger charge is -2.16. The zero-order valence-electron chi connectivity index (χ0n) is 21.6. The van der Waals surface area contributed by atoms with Crippen molar-refractivity contribution >= 4 is 22.7 Å². The first-order chi connectivity index (χ1) is 18.9. The van der Waals surface area contributed by atoms with Crippen LogP contribution in [0.2, 0.25) is 0 Å². The topological polar surface area (TPSA) is 126 Å². The number of aromatic nitrogens is 4. The van der Waals surface area contributed by atoms with E-state index in [0.717, 1.165) is 32.2 Å². The van der Waals surface area contributed by atoms with E-state index in [0.29, 0.717) is 17.3 Å². The molecule has 0 atom stereocenters. The fourth-order valence-electron chi connectivity index (χ4n) is 4.26. The second kappa shape index (κ2) is 11.1. The summed E-state index contributed by atoms with van der Waals surface area (Å²) in [7, 11) is 3.17. The molecular weight excluding hydrogens is 496 g/mol. The van der Waals surface area contributed by atoms with Crippen molar-refractivity contribution in [2.24, 2.45) is 0 Å². The number of benzene rings is 3. The summed E-state index contributed by atoms with van der Waals surface area (Å²) in [6.07, 6.45) is 0. The molecule has 0 aliphatic carbocycles. The van der Waals surface area contributed by atoms with Crippen molar-refractivity contribution < 1.29 is 9.47 Å². The van der Waals surface area contributed by atoms with Gasteiger partial charge in [0.05, 0.1) is 32.8 Å². The molecule has 0 unspecified atom stereocenters. The van der Waals surface area contributed by atoms with Gasteiger partial charge in [0.25, 0.3) is 0 Å². The van der Waals surface area contributed by atoms with Gasteiger partial charge in [-0.05, 0) is 47.5 Å². The maximum Gasteiger partial charge on any atom is 0.355 e. The predicted molar refractivity (Wildman–Crippen MR) is 150 cm³/mol. The number of nitrogen functional groups attached to an aromatic ring is 1. The number of nitrogens with one attached hydrogen (secondary N) is 1. The smallest absolute Gasteiger partial charge is 0.355 e. The Morgan fingerprint density at radius 1 is 0.795 bits per heavy atom. The maximum absolute atomic E-state index is 13.7. The first kappa shape index (κ1) is 25.5. The monoisotopic (exact) mass is 524 g/mol. The molecule has 2 heterocycles. The minimum atomic E-state index is -0.658. The molecule has 3 aromatic carbocycles. The Labute approximate surface area is 224 Å². The minimum Gasteiger partial charge on any atom is -0.497 e. The third-order valence-electron chi connectivity index (χ3n) is 6.42. The van der Waals surface area contributed by atoms with Crippen molar-refractivity contribution in [3.05, 3.63) is 117 Å². The molecule has 0 spiro atoms. The lowest BCUT2D eigenvalue weighted by molar-refractivity contribution is 0.414. The van der Waals surface area contributed by atoms with E-state index in [2.05, 4.69) is 15.3 Å². The SMILES string of the molecule is COc1ccc(Cn2c(NCc3cc4ccccc4nc3N)nc(=O)n(Cc3ccc(OC)cc3)c2=O)cc1. The van der Waals surface area contributed by atoms with E-state index in [-0.39, 0.29) is 25.6 Å². The summed E-state index contributed by atoms with van der Waals surface area (Å²) in [6, 6.07) is 24.1. The average molecular weight is 525 g/mol. The van der Waals surface area contributed by atoms with Gasteiger partial charge in [-0.1, -0.05) is 42.5 Å². The summed E-state index contributed by atoms with van der Waals surface area (Å²) in [5, 5.41) is 4.08. The van der Waals surface area contributed by atoms with Crippen LogP contribution in [0.3, 0.4) is 0 Å². The number of pyridine rings is 1. The molecule has 0 saturated heterocycles. The molecule has 2 aromatic heterocycles. The average Bonchev–Trinajstić information content (AvgIpc) is 2.96. The highest BCUT2D eigenvalue weighted by Gasteiger charge is 2.15. The van der Waals surface area contributed by atoms with Crippen LogP contribution in [0.15, 0.2) is 88.5 Å². The lowest BCUT2D eigenvalue weighted by atomic mass is 10.1. The summed E-state index contributed by atoms with van der Waals surface area (Å²) in [5.74, 6) is 1.88. The summed E-state index contributed by atoms with van der Waals surface area (Å²) >= 11 is 0. The van der Waals surface area contributed by atoms with E-state index >= 15 is 0 Å². The van der Waals surface area contributed by atoms with Crippen LogP contribution in [-0.2, 0) is 19.6 Å². The van der Waals surface area contributed by atoms with Gasteiger partial charge >= 0.3 is 11.4 Å². The fourth-order valence-corrected chi connectivity index (χ4v) is 4.26. The lowest BCUT2D eigenvalue weighted by Crippen LogP contribution is -2.43. The molecule has 5 aromatic rings. The van der Waals surface area contributed by atoms with Crippen LogP contribution >= 0.6 is 0 Å². The Kier molecular flexibility index (Phi) is 7.26. The summed E-state index contributed by atoms with van der Waals surface area (Å²) in [6.45, 7) is 0.478. The first-order valence-corrected chi connectivity index (χ1v) is 12.3. The van der Waals surface area contributed by atoms with Gasteiger partial charge in [-0.2, -0.15) is 4.98 Å². The fraction of sp³-hybridized carbons (Fsp3) is 0.172. The number of hydrogen-bond donors (Lipinski definition) is 2. The molecule has 0 radical (unpaired) electrons.